The Labute approximate surface area is 118 Å². The lowest BCUT2D eigenvalue weighted by atomic mass is 10.3. The third-order valence-corrected chi connectivity index (χ3v) is 3.46. The molecule has 0 radical (unpaired) electrons. The highest BCUT2D eigenvalue weighted by Gasteiger charge is 2.19. The summed E-state index contributed by atoms with van der Waals surface area (Å²) in [5, 5.41) is 0. The van der Waals surface area contributed by atoms with E-state index in [1.54, 1.807) is 12.4 Å². The van der Waals surface area contributed by atoms with Gasteiger partial charge in [0.15, 0.2) is 0 Å². The summed E-state index contributed by atoms with van der Waals surface area (Å²) in [7, 11) is 0. The van der Waals surface area contributed by atoms with Crippen LogP contribution in [0.1, 0.15) is 5.69 Å². The van der Waals surface area contributed by atoms with Gasteiger partial charge in [-0.05, 0) is 12.1 Å². The molecular formula is C14H18N6. The predicted octanol–water partition coefficient (Wildman–Crippen LogP) is 0.657. The van der Waals surface area contributed by atoms with Crippen LogP contribution in [0, 0.1) is 0 Å². The van der Waals surface area contributed by atoms with Crippen molar-refractivity contribution in [2.75, 3.05) is 36.0 Å². The molecule has 0 atom stereocenters. The maximum absolute atomic E-state index is 5.61. The third kappa shape index (κ3) is 2.70. The van der Waals surface area contributed by atoms with Crippen molar-refractivity contribution in [3.05, 3.63) is 42.5 Å². The van der Waals surface area contributed by atoms with E-state index in [9.17, 15) is 0 Å². The SMILES string of the molecule is NCc1cncc(N2CCN(c3ccccn3)CC2)n1. The number of piperazine rings is 1. The van der Waals surface area contributed by atoms with E-state index < -0.39 is 0 Å². The van der Waals surface area contributed by atoms with Crippen molar-refractivity contribution in [1.29, 1.82) is 0 Å². The molecule has 0 spiro atoms. The molecule has 1 saturated heterocycles. The van der Waals surface area contributed by atoms with E-state index in [-0.39, 0.29) is 0 Å². The highest BCUT2D eigenvalue weighted by molar-refractivity contribution is 5.43. The number of anilines is 2. The Balaban J connectivity index is 1.66. The van der Waals surface area contributed by atoms with Crippen LogP contribution < -0.4 is 15.5 Å². The van der Waals surface area contributed by atoms with Gasteiger partial charge >= 0.3 is 0 Å². The molecule has 1 aliphatic heterocycles. The fraction of sp³-hybridized carbons (Fsp3) is 0.357. The van der Waals surface area contributed by atoms with Gasteiger partial charge in [-0.15, -0.1) is 0 Å². The lowest BCUT2D eigenvalue weighted by Crippen LogP contribution is -2.47. The Hall–Kier alpha value is -2.21. The Bertz CT molecular complexity index is 551. The van der Waals surface area contributed by atoms with E-state index in [2.05, 4.69) is 24.8 Å². The second-order valence-electron chi connectivity index (χ2n) is 4.73. The Kier molecular flexibility index (Phi) is 3.73. The topological polar surface area (TPSA) is 71.2 Å². The standard InChI is InChI=1S/C14H18N6/c15-9-12-10-16-11-14(18-12)20-7-5-19(6-8-20)13-3-1-2-4-17-13/h1-4,10-11H,5-9,15H2. The molecule has 0 aliphatic carbocycles. The molecule has 104 valence electrons. The summed E-state index contributed by atoms with van der Waals surface area (Å²) in [6.07, 6.45) is 5.35. The molecule has 1 aliphatic rings. The van der Waals surface area contributed by atoms with Crippen LogP contribution in [0.2, 0.25) is 0 Å². The number of rotatable bonds is 3. The molecule has 0 unspecified atom stereocenters. The van der Waals surface area contributed by atoms with Crippen LogP contribution >= 0.6 is 0 Å². The molecule has 2 N–H and O–H groups in total. The van der Waals surface area contributed by atoms with Gasteiger partial charge in [-0.25, -0.2) is 9.97 Å². The zero-order valence-corrected chi connectivity index (χ0v) is 11.3. The quantitative estimate of drug-likeness (QED) is 0.883. The Morgan fingerprint density at radius 2 is 1.75 bits per heavy atom. The van der Waals surface area contributed by atoms with Crippen molar-refractivity contribution in [3.8, 4) is 0 Å². The summed E-state index contributed by atoms with van der Waals surface area (Å²) < 4.78 is 0. The molecule has 0 amide bonds. The van der Waals surface area contributed by atoms with Crippen molar-refractivity contribution in [3.63, 3.8) is 0 Å². The van der Waals surface area contributed by atoms with Crippen molar-refractivity contribution >= 4 is 11.6 Å². The first kappa shape index (κ1) is 12.8. The zero-order chi connectivity index (χ0) is 13.8. The Morgan fingerprint density at radius 1 is 1.00 bits per heavy atom. The summed E-state index contributed by atoms with van der Waals surface area (Å²) in [5.74, 6) is 1.95. The molecule has 1 fully saturated rings. The highest BCUT2D eigenvalue weighted by atomic mass is 15.3. The molecule has 0 saturated carbocycles. The first-order valence-electron chi connectivity index (χ1n) is 6.79. The molecule has 6 heteroatoms. The van der Waals surface area contributed by atoms with Gasteiger partial charge < -0.3 is 15.5 Å². The van der Waals surface area contributed by atoms with Gasteiger partial charge in [0.1, 0.15) is 11.6 Å². The van der Waals surface area contributed by atoms with Crippen molar-refractivity contribution in [2.24, 2.45) is 5.73 Å². The van der Waals surface area contributed by atoms with Gasteiger partial charge in [-0.2, -0.15) is 0 Å². The van der Waals surface area contributed by atoms with Crippen LogP contribution in [0.3, 0.4) is 0 Å². The average Bonchev–Trinajstić information content (AvgIpc) is 2.56. The van der Waals surface area contributed by atoms with Gasteiger partial charge in [-0.1, -0.05) is 6.07 Å². The number of nitrogens with zero attached hydrogens (tertiary/aromatic N) is 5. The van der Waals surface area contributed by atoms with Crippen LogP contribution in [0.5, 0.6) is 0 Å². The van der Waals surface area contributed by atoms with Crippen LogP contribution in [0.25, 0.3) is 0 Å². The molecule has 0 bridgehead atoms. The van der Waals surface area contributed by atoms with Crippen LogP contribution in [-0.4, -0.2) is 41.1 Å². The van der Waals surface area contributed by atoms with Crippen molar-refractivity contribution < 1.29 is 0 Å². The summed E-state index contributed by atoms with van der Waals surface area (Å²) in [6.45, 7) is 4.13. The average molecular weight is 270 g/mol. The molecule has 6 nitrogen and oxygen atoms in total. The molecule has 3 heterocycles. The first-order chi connectivity index (χ1) is 9.86. The summed E-state index contributed by atoms with van der Waals surface area (Å²) in [5.41, 5.74) is 6.44. The molecule has 3 rings (SSSR count). The summed E-state index contributed by atoms with van der Waals surface area (Å²) >= 11 is 0. The number of nitrogens with two attached hydrogens (primary N) is 1. The fourth-order valence-corrected chi connectivity index (χ4v) is 2.35. The fourth-order valence-electron chi connectivity index (χ4n) is 2.35. The van der Waals surface area contributed by atoms with Crippen LogP contribution in [0.15, 0.2) is 36.8 Å². The van der Waals surface area contributed by atoms with E-state index in [0.29, 0.717) is 6.54 Å². The minimum absolute atomic E-state index is 0.425. The van der Waals surface area contributed by atoms with E-state index >= 15 is 0 Å². The van der Waals surface area contributed by atoms with Gasteiger partial charge in [0.25, 0.3) is 0 Å². The first-order valence-corrected chi connectivity index (χ1v) is 6.79. The number of hydrogen-bond donors (Lipinski definition) is 1. The van der Waals surface area contributed by atoms with E-state index in [1.165, 1.54) is 0 Å². The lowest BCUT2D eigenvalue weighted by Gasteiger charge is -2.35. The molecular weight excluding hydrogens is 252 g/mol. The van der Waals surface area contributed by atoms with E-state index in [4.69, 9.17) is 5.73 Å². The van der Waals surface area contributed by atoms with Crippen LogP contribution in [0.4, 0.5) is 11.6 Å². The molecule has 0 aromatic carbocycles. The summed E-state index contributed by atoms with van der Waals surface area (Å²) in [4.78, 5) is 17.6. The monoisotopic (exact) mass is 270 g/mol. The zero-order valence-electron chi connectivity index (χ0n) is 11.3. The Morgan fingerprint density at radius 3 is 2.40 bits per heavy atom. The maximum atomic E-state index is 5.61. The molecule has 2 aromatic heterocycles. The van der Waals surface area contributed by atoms with Gasteiger partial charge in [0, 0.05) is 45.1 Å². The minimum Gasteiger partial charge on any atom is -0.353 e. The predicted molar refractivity (Wildman–Crippen MR) is 78.6 cm³/mol. The van der Waals surface area contributed by atoms with Gasteiger partial charge in [0.2, 0.25) is 0 Å². The van der Waals surface area contributed by atoms with Crippen LogP contribution in [-0.2, 0) is 6.54 Å². The number of pyridine rings is 1. The molecule has 20 heavy (non-hydrogen) atoms. The van der Waals surface area contributed by atoms with Gasteiger partial charge in [0.05, 0.1) is 11.9 Å². The largest absolute Gasteiger partial charge is 0.353 e. The van der Waals surface area contributed by atoms with E-state index in [1.807, 2.05) is 24.4 Å². The minimum atomic E-state index is 0.425. The van der Waals surface area contributed by atoms with Crippen molar-refractivity contribution in [1.82, 2.24) is 15.0 Å². The maximum Gasteiger partial charge on any atom is 0.147 e. The second kappa shape index (κ2) is 5.83. The number of aromatic nitrogens is 3. The van der Waals surface area contributed by atoms with Gasteiger partial charge in [-0.3, -0.25) is 4.98 Å². The second-order valence-corrected chi connectivity index (χ2v) is 4.73. The normalized spacial score (nSPS) is 15.4. The third-order valence-electron chi connectivity index (χ3n) is 3.46. The van der Waals surface area contributed by atoms with Crippen molar-refractivity contribution in [2.45, 2.75) is 6.54 Å². The van der Waals surface area contributed by atoms with E-state index in [0.717, 1.165) is 43.5 Å². The molecule has 2 aromatic rings. The number of hydrogen-bond acceptors (Lipinski definition) is 6. The smallest absolute Gasteiger partial charge is 0.147 e. The highest BCUT2D eigenvalue weighted by Crippen LogP contribution is 2.16. The summed E-state index contributed by atoms with van der Waals surface area (Å²) in [6, 6.07) is 6.00. The lowest BCUT2D eigenvalue weighted by molar-refractivity contribution is 0.639.